The molecule has 130 valence electrons. The van der Waals surface area contributed by atoms with Gasteiger partial charge in [0.1, 0.15) is 16.8 Å². The molecule has 0 saturated carbocycles. The minimum atomic E-state index is 0.307. The van der Waals surface area contributed by atoms with Gasteiger partial charge < -0.3 is 4.74 Å². The Hall–Kier alpha value is -2.12. The molecule has 1 aromatic heterocycles. The number of ether oxygens (including phenoxy) is 1. The quantitative estimate of drug-likeness (QED) is 0.682. The zero-order chi connectivity index (χ0) is 18.0. The monoisotopic (exact) mass is 352 g/mol. The minimum Gasteiger partial charge on any atom is -0.497 e. The average molecular weight is 353 g/mol. The lowest BCUT2D eigenvalue weighted by Gasteiger charge is -2.33. The molecule has 0 fully saturated rings. The van der Waals surface area contributed by atoms with Crippen LogP contribution in [0.3, 0.4) is 0 Å². The predicted molar refractivity (Wildman–Crippen MR) is 104 cm³/mol. The molecular formula is C21H24N2OS. The topological polar surface area (TPSA) is 45.4 Å². The maximum Gasteiger partial charge on any atom is 0.134 e. The van der Waals surface area contributed by atoms with E-state index >= 15 is 0 Å². The maximum atomic E-state index is 9.62. The molecule has 0 radical (unpaired) electrons. The van der Waals surface area contributed by atoms with Crippen LogP contribution < -0.4 is 4.74 Å². The van der Waals surface area contributed by atoms with E-state index < -0.39 is 0 Å². The first-order valence-electron chi connectivity index (χ1n) is 8.65. The van der Waals surface area contributed by atoms with Crippen LogP contribution in [0, 0.1) is 22.7 Å². The summed E-state index contributed by atoms with van der Waals surface area (Å²) in [5.41, 5.74) is 3.32. The Kier molecular flexibility index (Phi) is 4.96. The number of methoxy groups -OCH3 is 1. The molecule has 0 bridgehead atoms. The van der Waals surface area contributed by atoms with Crippen molar-refractivity contribution in [3.05, 3.63) is 45.8 Å². The second-order valence-corrected chi connectivity index (χ2v) is 8.72. The number of fused-ring (bicyclic) bond motifs is 1. The molecule has 0 saturated heterocycles. The van der Waals surface area contributed by atoms with Crippen LogP contribution in [-0.4, -0.2) is 13.3 Å². The lowest BCUT2D eigenvalue weighted by molar-refractivity contribution is 0.218. The van der Waals surface area contributed by atoms with Crippen LogP contribution in [-0.2, 0) is 12.8 Å². The number of hydrogen-bond acceptors (Lipinski definition) is 4. The minimum absolute atomic E-state index is 0.307. The van der Waals surface area contributed by atoms with Crippen molar-refractivity contribution in [1.29, 1.82) is 5.26 Å². The normalized spacial score (nSPS) is 17.3. The second kappa shape index (κ2) is 7.01. The Morgan fingerprint density at radius 2 is 2.00 bits per heavy atom. The van der Waals surface area contributed by atoms with Crippen LogP contribution in [0.1, 0.15) is 48.8 Å². The van der Waals surface area contributed by atoms with Crippen molar-refractivity contribution in [3.8, 4) is 11.8 Å². The van der Waals surface area contributed by atoms with E-state index in [4.69, 9.17) is 4.74 Å². The van der Waals surface area contributed by atoms with Crippen molar-refractivity contribution < 1.29 is 4.74 Å². The van der Waals surface area contributed by atoms with Crippen LogP contribution in [0.5, 0.6) is 5.75 Å². The zero-order valence-electron chi connectivity index (χ0n) is 15.3. The molecule has 25 heavy (non-hydrogen) atoms. The lowest BCUT2D eigenvalue weighted by atomic mass is 9.72. The summed E-state index contributed by atoms with van der Waals surface area (Å²) in [5.74, 6) is 1.50. The summed E-state index contributed by atoms with van der Waals surface area (Å²) in [4.78, 5) is 5.98. The van der Waals surface area contributed by atoms with Gasteiger partial charge in [-0.1, -0.05) is 20.8 Å². The first-order valence-corrected chi connectivity index (χ1v) is 9.46. The van der Waals surface area contributed by atoms with Gasteiger partial charge in [0.2, 0.25) is 0 Å². The number of nitriles is 1. The molecule has 0 unspecified atom stereocenters. The number of aliphatic imine (C=N–C) groups is 1. The Bertz CT molecular complexity index is 819. The molecule has 1 aliphatic rings. The van der Waals surface area contributed by atoms with Crippen LogP contribution >= 0.6 is 11.3 Å². The third kappa shape index (κ3) is 3.77. The largest absolute Gasteiger partial charge is 0.497 e. The lowest BCUT2D eigenvalue weighted by Crippen LogP contribution is -2.26. The van der Waals surface area contributed by atoms with Gasteiger partial charge in [-0.15, -0.1) is 11.3 Å². The van der Waals surface area contributed by atoms with E-state index in [0.717, 1.165) is 41.1 Å². The third-order valence-corrected chi connectivity index (χ3v) is 6.19. The molecule has 0 aliphatic heterocycles. The first-order chi connectivity index (χ1) is 11.9. The van der Waals surface area contributed by atoms with Crippen molar-refractivity contribution >= 4 is 22.6 Å². The van der Waals surface area contributed by atoms with Crippen LogP contribution in [0.2, 0.25) is 0 Å². The molecule has 3 rings (SSSR count). The van der Waals surface area contributed by atoms with Gasteiger partial charge in [-0.25, -0.2) is 4.99 Å². The Morgan fingerprint density at radius 1 is 1.28 bits per heavy atom. The van der Waals surface area contributed by atoms with E-state index in [1.807, 2.05) is 30.5 Å². The summed E-state index contributed by atoms with van der Waals surface area (Å²) in [7, 11) is 1.66. The molecule has 1 aliphatic carbocycles. The van der Waals surface area contributed by atoms with E-state index in [1.54, 1.807) is 18.4 Å². The maximum absolute atomic E-state index is 9.62. The van der Waals surface area contributed by atoms with Gasteiger partial charge in [-0.2, -0.15) is 5.26 Å². The summed E-state index contributed by atoms with van der Waals surface area (Å²) >= 11 is 1.69. The van der Waals surface area contributed by atoms with Crippen molar-refractivity contribution in [2.45, 2.75) is 40.0 Å². The van der Waals surface area contributed by atoms with Gasteiger partial charge in [0.15, 0.2) is 0 Å². The van der Waals surface area contributed by atoms with E-state index in [0.29, 0.717) is 11.3 Å². The zero-order valence-corrected chi connectivity index (χ0v) is 16.1. The van der Waals surface area contributed by atoms with Crippen LogP contribution in [0.25, 0.3) is 0 Å². The Labute approximate surface area is 154 Å². The highest BCUT2D eigenvalue weighted by Crippen LogP contribution is 2.44. The highest BCUT2D eigenvalue weighted by atomic mass is 32.1. The number of hydrogen-bond donors (Lipinski definition) is 0. The SMILES string of the molecule is COc1ccc(C=Nc2sc3c(c2C#N)CC[C@@H](C(C)(C)C)C3)cc1. The standard InChI is InChI=1S/C21H24N2OS/c1-21(2,3)15-7-10-17-18(12-22)20(25-19(17)11-15)23-13-14-5-8-16(24-4)9-6-14/h5-6,8-9,13,15H,7,10-11H2,1-4H3/t15-/m1/s1. The number of rotatable bonds is 3. The van der Waals surface area contributed by atoms with Crippen molar-refractivity contribution in [2.24, 2.45) is 16.3 Å². The fraction of sp³-hybridized carbons (Fsp3) is 0.429. The van der Waals surface area contributed by atoms with Gasteiger partial charge in [0.05, 0.1) is 12.7 Å². The predicted octanol–water partition coefficient (Wildman–Crippen LogP) is 5.53. The van der Waals surface area contributed by atoms with E-state index in [1.165, 1.54) is 10.4 Å². The molecule has 1 aromatic carbocycles. The van der Waals surface area contributed by atoms with Gasteiger partial charge in [-0.3, -0.25) is 0 Å². The smallest absolute Gasteiger partial charge is 0.134 e. The first kappa shape index (κ1) is 17.7. The van der Waals surface area contributed by atoms with Gasteiger partial charge >= 0.3 is 0 Å². The molecule has 4 heteroatoms. The Balaban J connectivity index is 1.86. The van der Waals surface area contributed by atoms with Crippen molar-refractivity contribution in [3.63, 3.8) is 0 Å². The number of nitrogens with zero attached hydrogens (tertiary/aromatic N) is 2. The second-order valence-electron chi connectivity index (χ2n) is 7.63. The Morgan fingerprint density at radius 3 is 2.60 bits per heavy atom. The molecule has 0 amide bonds. The number of benzene rings is 1. The van der Waals surface area contributed by atoms with E-state index in [2.05, 4.69) is 31.8 Å². The third-order valence-electron chi connectivity index (χ3n) is 5.03. The summed E-state index contributed by atoms with van der Waals surface area (Å²) in [6.07, 6.45) is 5.05. The summed E-state index contributed by atoms with van der Waals surface area (Å²) in [6, 6.07) is 10.2. The van der Waals surface area contributed by atoms with Gasteiger partial charge in [0, 0.05) is 11.1 Å². The summed E-state index contributed by atoms with van der Waals surface area (Å²) in [6.45, 7) is 6.93. The van der Waals surface area contributed by atoms with Crippen LogP contribution in [0.4, 0.5) is 5.00 Å². The highest BCUT2D eigenvalue weighted by molar-refractivity contribution is 7.16. The number of thiophene rings is 1. The van der Waals surface area contributed by atoms with E-state index in [9.17, 15) is 5.26 Å². The van der Waals surface area contributed by atoms with E-state index in [-0.39, 0.29) is 0 Å². The molecular weight excluding hydrogens is 328 g/mol. The molecule has 0 spiro atoms. The van der Waals surface area contributed by atoms with Crippen molar-refractivity contribution in [2.75, 3.05) is 7.11 Å². The fourth-order valence-corrected chi connectivity index (χ4v) is 4.56. The summed E-state index contributed by atoms with van der Waals surface area (Å²) in [5, 5.41) is 10.5. The molecule has 1 heterocycles. The molecule has 1 atom stereocenters. The molecule has 2 aromatic rings. The molecule has 3 nitrogen and oxygen atoms in total. The summed E-state index contributed by atoms with van der Waals surface area (Å²) < 4.78 is 5.18. The highest BCUT2D eigenvalue weighted by Gasteiger charge is 2.32. The van der Waals surface area contributed by atoms with Crippen LogP contribution in [0.15, 0.2) is 29.3 Å². The average Bonchev–Trinajstić information content (AvgIpc) is 2.96. The van der Waals surface area contributed by atoms with Gasteiger partial charge in [0.25, 0.3) is 0 Å². The molecule has 0 N–H and O–H groups in total. The van der Waals surface area contributed by atoms with Crippen molar-refractivity contribution in [1.82, 2.24) is 0 Å². The van der Waals surface area contributed by atoms with Gasteiger partial charge in [-0.05, 0) is 66.0 Å². The fourth-order valence-electron chi connectivity index (χ4n) is 3.34.